The molecule has 0 N–H and O–H groups in total. The summed E-state index contributed by atoms with van der Waals surface area (Å²) >= 11 is 0. The van der Waals surface area contributed by atoms with Gasteiger partial charge in [-0.2, -0.15) is 0 Å². The van der Waals surface area contributed by atoms with Crippen LogP contribution in [0.4, 0.5) is 4.79 Å². The molecule has 0 aliphatic carbocycles. The van der Waals surface area contributed by atoms with Crippen LogP contribution in [0.25, 0.3) is 0 Å². The number of ether oxygens (including phenoxy) is 1. The molecule has 0 aromatic carbocycles. The molecule has 0 aromatic heterocycles. The summed E-state index contributed by atoms with van der Waals surface area (Å²) in [5.41, 5.74) is -1.36. The normalized spacial score (nSPS) is 14.7. The summed E-state index contributed by atoms with van der Waals surface area (Å²) in [6, 6.07) is 0. The molecular weight excluding hydrogens is 154 g/mol. The second kappa shape index (κ2) is 4.95. The maximum absolute atomic E-state index is 10.3. The molecule has 0 fully saturated rings. The van der Waals surface area contributed by atoms with E-state index in [1.165, 1.54) is 0 Å². The Morgan fingerprint density at radius 1 is 1.50 bits per heavy atom. The van der Waals surface area contributed by atoms with Crippen molar-refractivity contribution in [3.05, 3.63) is 0 Å². The molecular formula is C3H6LiO5P. The molecule has 5 nitrogen and oxygen atoms in total. The predicted octanol–water partition coefficient (Wildman–Crippen LogP) is -3.04. The molecule has 0 bridgehead atoms. The summed E-state index contributed by atoms with van der Waals surface area (Å²) in [5.74, 6) is 0. The van der Waals surface area contributed by atoms with Crippen LogP contribution >= 0.6 is 7.60 Å². The van der Waals surface area contributed by atoms with E-state index in [1.807, 2.05) is 0 Å². The van der Waals surface area contributed by atoms with Crippen LogP contribution in [0.15, 0.2) is 0 Å². The molecule has 0 saturated heterocycles. The van der Waals surface area contributed by atoms with Gasteiger partial charge in [0.2, 0.25) is 7.60 Å². The van der Waals surface area contributed by atoms with E-state index in [0.717, 1.165) is 14.2 Å². The monoisotopic (exact) mass is 160 g/mol. The van der Waals surface area contributed by atoms with Crippen LogP contribution in [-0.2, 0) is 13.8 Å². The van der Waals surface area contributed by atoms with Gasteiger partial charge in [-0.25, -0.2) is 4.79 Å². The van der Waals surface area contributed by atoms with Crippen molar-refractivity contribution in [2.24, 2.45) is 0 Å². The first-order valence-corrected chi connectivity index (χ1v) is 3.54. The second-order valence-electron chi connectivity index (χ2n) is 1.15. The predicted molar refractivity (Wildman–Crippen MR) is 27.0 cm³/mol. The smallest absolute Gasteiger partial charge is 0.770 e. The van der Waals surface area contributed by atoms with Gasteiger partial charge >= 0.3 is 24.6 Å². The summed E-state index contributed by atoms with van der Waals surface area (Å²) in [5, 5.41) is 0. The number of hydrogen-bond donors (Lipinski definition) is 0. The van der Waals surface area contributed by atoms with Crippen LogP contribution in [0.2, 0.25) is 0 Å². The minimum Gasteiger partial charge on any atom is -0.770 e. The van der Waals surface area contributed by atoms with E-state index in [1.54, 1.807) is 0 Å². The molecule has 0 saturated carbocycles. The van der Waals surface area contributed by atoms with E-state index in [2.05, 4.69) is 9.26 Å². The van der Waals surface area contributed by atoms with Crippen LogP contribution < -0.4 is 23.8 Å². The average molecular weight is 160 g/mol. The third-order valence-corrected chi connectivity index (χ3v) is 1.75. The van der Waals surface area contributed by atoms with Crippen molar-refractivity contribution in [3.63, 3.8) is 0 Å². The quantitative estimate of drug-likeness (QED) is 0.317. The SMILES string of the molecule is COC(=O)P(=O)([O-])OC.[Li+]. The van der Waals surface area contributed by atoms with Gasteiger partial charge in [0.15, 0.2) is 0 Å². The fourth-order valence-electron chi connectivity index (χ4n) is 0.186. The zero-order valence-electron chi connectivity index (χ0n) is 5.99. The van der Waals surface area contributed by atoms with Gasteiger partial charge in [-0.1, -0.05) is 0 Å². The van der Waals surface area contributed by atoms with Crippen molar-refractivity contribution in [3.8, 4) is 0 Å². The summed E-state index contributed by atoms with van der Waals surface area (Å²) in [7, 11) is -2.52. The van der Waals surface area contributed by atoms with Crippen molar-refractivity contribution >= 4 is 13.3 Å². The van der Waals surface area contributed by atoms with Crippen LogP contribution in [0.1, 0.15) is 0 Å². The van der Waals surface area contributed by atoms with Gasteiger partial charge in [0.1, 0.15) is 0 Å². The fourth-order valence-corrected chi connectivity index (χ4v) is 0.559. The zero-order valence-corrected chi connectivity index (χ0v) is 6.88. The number of rotatable bonds is 2. The first-order valence-electron chi connectivity index (χ1n) is 2.00. The molecule has 1 atom stereocenters. The van der Waals surface area contributed by atoms with Crippen molar-refractivity contribution < 1.29 is 42.4 Å². The first kappa shape index (κ1) is 12.9. The Kier molecular flexibility index (Phi) is 6.36. The molecule has 7 heteroatoms. The molecule has 0 aliphatic heterocycles. The second-order valence-corrected chi connectivity index (χ2v) is 2.88. The number of carbonyl (C=O) groups excluding carboxylic acids is 1. The van der Waals surface area contributed by atoms with Gasteiger partial charge in [0, 0.05) is 7.11 Å². The molecule has 0 spiro atoms. The van der Waals surface area contributed by atoms with E-state index in [-0.39, 0.29) is 18.9 Å². The number of methoxy groups -OCH3 is 1. The topological polar surface area (TPSA) is 75.7 Å². The molecule has 0 rings (SSSR count). The van der Waals surface area contributed by atoms with Crippen LogP contribution in [-0.4, -0.2) is 19.9 Å². The Morgan fingerprint density at radius 3 is 2.00 bits per heavy atom. The molecule has 54 valence electrons. The summed E-state index contributed by atoms with van der Waals surface area (Å²) < 4.78 is 17.9. The molecule has 0 aliphatic rings. The molecule has 0 amide bonds. The standard InChI is InChI=1S/C3H7O5P.Li/c1-7-3(4)9(5,6)8-2;/h1-2H3,(H,5,6);/q;+1/p-1. The molecule has 1 unspecified atom stereocenters. The Morgan fingerprint density at radius 2 is 1.90 bits per heavy atom. The average Bonchev–Trinajstić information content (AvgIpc) is 1.86. The number of carbonyl (C=O) groups is 1. The Labute approximate surface area is 70.4 Å². The van der Waals surface area contributed by atoms with Gasteiger partial charge in [-0.05, 0) is 0 Å². The van der Waals surface area contributed by atoms with Gasteiger partial charge in [-0.3, -0.25) is 4.57 Å². The minimum atomic E-state index is -4.38. The van der Waals surface area contributed by atoms with Gasteiger partial charge in [-0.15, -0.1) is 0 Å². The van der Waals surface area contributed by atoms with E-state index in [0.29, 0.717) is 0 Å². The third kappa shape index (κ3) is 3.40. The molecule has 10 heavy (non-hydrogen) atoms. The van der Waals surface area contributed by atoms with E-state index < -0.39 is 13.3 Å². The van der Waals surface area contributed by atoms with Crippen molar-refractivity contribution in [1.82, 2.24) is 0 Å². The van der Waals surface area contributed by atoms with Crippen LogP contribution in [0.3, 0.4) is 0 Å². The Hall–Kier alpha value is 0.217. The van der Waals surface area contributed by atoms with E-state index in [9.17, 15) is 14.3 Å². The van der Waals surface area contributed by atoms with E-state index in [4.69, 9.17) is 0 Å². The van der Waals surface area contributed by atoms with E-state index >= 15 is 0 Å². The Balaban J connectivity index is 0. The van der Waals surface area contributed by atoms with Crippen molar-refractivity contribution in [1.29, 1.82) is 0 Å². The molecule has 0 aromatic rings. The minimum absolute atomic E-state index is 0. The molecule has 0 heterocycles. The maximum atomic E-state index is 10.3. The van der Waals surface area contributed by atoms with Gasteiger partial charge in [0.05, 0.1) is 7.11 Å². The third-order valence-electron chi connectivity index (χ3n) is 0.639. The van der Waals surface area contributed by atoms with Crippen LogP contribution in [0.5, 0.6) is 0 Å². The van der Waals surface area contributed by atoms with Crippen molar-refractivity contribution in [2.75, 3.05) is 14.2 Å². The fraction of sp³-hybridized carbons (Fsp3) is 0.667. The largest absolute Gasteiger partial charge is 1.00 e. The Bertz CT molecular complexity index is 157. The van der Waals surface area contributed by atoms with Crippen LogP contribution in [0, 0.1) is 0 Å². The molecule has 0 radical (unpaired) electrons. The zero-order chi connectivity index (χ0) is 7.49. The van der Waals surface area contributed by atoms with Crippen molar-refractivity contribution in [2.45, 2.75) is 0 Å². The first-order chi connectivity index (χ1) is 4.04. The number of hydrogen-bond acceptors (Lipinski definition) is 5. The summed E-state index contributed by atoms with van der Waals surface area (Å²) in [6.07, 6.45) is 0. The van der Waals surface area contributed by atoms with Gasteiger partial charge in [0.25, 0.3) is 0 Å². The van der Waals surface area contributed by atoms with Gasteiger partial charge < -0.3 is 14.2 Å². The summed E-state index contributed by atoms with van der Waals surface area (Å²) in [4.78, 5) is 20.4. The summed E-state index contributed by atoms with van der Waals surface area (Å²) in [6.45, 7) is 0. The maximum Gasteiger partial charge on any atom is 1.00 e.